The minimum atomic E-state index is -1.24. The Balaban J connectivity index is 1.29. The van der Waals surface area contributed by atoms with Gasteiger partial charge in [0.2, 0.25) is 0 Å². The lowest BCUT2D eigenvalue weighted by atomic mass is 10.0. The summed E-state index contributed by atoms with van der Waals surface area (Å²) in [5.41, 5.74) is 9.08. The van der Waals surface area contributed by atoms with Crippen LogP contribution in [0.4, 0.5) is 17.1 Å². The summed E-state index contributed by atoms with van der Waals surface area (Å²) in [5.74, 6) is -2.48. The molecule has 7 nitrogen and oxygen atoms in total. The first-order valence-electron chi connectivity index (χ1n) is 21.1. The van der Waals surface area contributed by atoms with Gasteiger partial charge in [0.25, 0.3) is 11.4 Å². The number of aryl methyl sites for hydroxylation is 1. The zero-order valence-corrected chi connectivity index (χ0v) is 34.8. The maximum atomic E-state index is 11.2. The number of carboxylic acid groups (broad SMARTS) is 2. The first-order valence-corrected chi connectivity index (χ1v) is 21.1. The fourth-order valence-electron chi connectivity index (χ4n) is 6.94. The molecule has 5 rings (SSSR count). The van der Waals surface area contributed by atoms with Crippen LogP contribution in [0.3, 0.4) is 0 Å². The van der Waals surface area contributed by atoms with Crippen LogP contribution in [0.1, 0.15) is 110 Å². The van der Waals surface area contributed by atoms with Crippen LogP contribution < -0.4 is 4.90 Å². The van der Waals surface area contributed by atoms with Crippen molar-refractivity contribution in [2.45, 2.75) is 77.6 Å². The van der Waals surface area contributed by atoms with Crippen LogP contribution >= 0.6 is 0 Å². The highest BCUT2D eigenvalue weighted by Crippen LogP contribution is 2.35. The number of unbranched alkanes of at least 4 members (excludes halogenated alkanes) is 9. The van der Waals surface area contributed by atoms with Crippen LogP contribution in [0.2, 0.25) is 0 Å². The Hall–Kier alpha value is -7.22. The van der Waals surface area contributed by atoms with Crippen molar-refractivity contribution in [1.29, 1.82) is 0 Å². The molecule has 0 saturated heterocycles. The van der Waals surface area contributed by atoms with E-state index in [0.717, 1.165) is 45.7 Å². The highest BCUT2D eigenvalue weighted by Gasteiger charge is 2.13. The van der Waals surface area contributed by atoms with Gasteiger partial charge in [0.05, 0.1) is 13.1 Å². The van der Waals surface area contributed by atoms with Crippen LogP contribution in [0, 0.1) is 13.1 Å². The molecule has 308 valence electrons. The second-order valence-corrected chi connectivity index (χ2v) is 15.0. The molecule has 5 aromatic rings. The predicted molar refractivity (Wildman–Crippen MR) is 252 cm³/mol. The molecule has 0 saturated carbocycles. The SMILES string of the molecule is [C-]#[N+]C(=Cc1ccc(C=Cc2ccc(N(c3ccc(C=Cc4ccc(C=C([N+]#[C-])C(=O)O)cc4)cc3)c3ccc(CCCCCCCCCCCC)cc3)cc2)cc1)C(=O)O. The average Bonchev–Trinajstić information content (AvgIpc) is 3.28. The van der Waals surface area contributed by atoms with Gasteiger partial charge >= 0.3 is 11.9 Å². The van der Waals surface area contributed by atoms with Gasteiger partial charge < -0.3 is 15.1 Å². The first-order chi connectivity index (χ1) is 29.8. The van der Waals surface area contributed by atoms with E-state index < -0.39 is 11.9 Å². The molecule has 61 heavy (non-hydrogen) atoms. The Kier molecular flexibility index (Phi) is 17.7. The summed E-state index contributed by atoms with van der Waals surface area (Å²) in [6.45, 7) is 16.4. The molecular weight excluding hydrogens is 755 g/mol. The van der Waals surface area contributed by atoms with E-state index in [4.69, 9.17) is 23.4 Å². The zero-order valence-electron chi connectivity index (χ0n) is 34.8. The van der Waals surface area contributed by atoms with E-state index in [-0.39, 0.29) is 11.4 Å². The summed E-state index contributed by atoms with van der Waals surface area (Å²) >= 11 is 0. The molecule has 7 heteroatoms. The van der Waals surface area contributed by atoms with Crippen LogP contribution in [0.15, 0.2) is 133 Å². The highest BCUT2D eigenvalue weighted by molar-refractivity contribution is 5.94. The number of hydrogen-bond donors (Lipinski definition) is 2. The van der Waals surface area contributed by atoms with Crippen molar-refractivity contribution in [3.63, 3.8) is 0 Å². The van der Waals surface area contributed by atoms with Crippen molar-refractivity contribution >= 4 is 65.5 Å². The fraction of sp³-hybridized carbons (Fsp3) is 0.222. The number of carbonyl (C=O) groups is 2. The largest absolute Gasteiger partial charge is 0.486 e. The van der Waals surface area contributed by atoms with E-state index in [1.54, 1.807) is 24.3 Å². The Morgan fingerprint density at radius 1 is 0.459 bits per heavy atom. The number of aliphatic carboxylic acids is 2. The molecule has 0 radical (unpaired) electrons. The van der Waals surface area contributed by atoms with Crippen molar-refractivity contribution in [2.24, 2.45) is 0 Å². The molecule has 0 atom stereocenters. The monoisotopic (exact) mass is 807 g/mol. The Labute approximate surface area is 361 Å². The summed E-state index contributed by atoms with van der Waals surface area (Å²) in [6.07, 6.45) is 25.1. The molecule has 0 fully saturated rings. The van der Waals surface area contributed by atoms with Crippen molar-refractivity contribution < 1.29 is 19.8 Å². The molecular formula is C54H53N3O4. The predicted octanol–water partition coefficient (Wildman–Crippen LogP) is 14.7. The molecule has 0 aliphatic heterocycles. The fourth-order valence-corrected chi connectivity index (χ4v) is 6.94. The normalized spacial score (nSPS) is 11.7. The number of carboxylic acids is 2. The molecule has 0 aliphatic rings. The van der Waals surface area contributed by atoms with E-state index in [1.807, 2.05) is 48.6 Å². The minimum Gasteiger partial charge on any atom is -0.486 e. The minimum absolute atomic E-state index is 0.322. The molecule has 0 bridgehead atoms. The van der Waals surface area contributed by atoms with Gasteiger partial charge in [-0.1, -0.05) is 174 Å². The molecule has 0 heterocycles. The second kappa shape index (κ2) is 24.0. The van der Waals surface area contributed by atoms with E-state index in [0.29, 0.717) is 11.1 Å². The van der Waals surface area contributed by atoms with E-state index in [2.05, 4.69) is 94.3 Å². The molecule has 0 amide bonds. The summed E-state index contributed by atoms with van der Waals surface area (Å²) in [6, 6.07) is 40.5. The summed E-state index contributed by atoms with van der Waals surface area (Å²) in [4.78, 5) is 30.8. The standard InChI is InChI=1S/C54H53N3O4/c1-4-5-6-7-8-9-10-11-12-13-14-41-27-33-48(34-28-41)57(49-35-29-44(30-36-49)17-15-42-19-23-46(24-20-42)39-51(55-2)53(58)59)50-37-31-45(32-38-50)18-16-43-21-25-47(26-22-43)40-52(56-3)54(60)61/h15-40H,4-14H2,1H3,(H,58,59)(H,60,61). The third-order valence-corrected chi connectivity index (χ3v) is 10.4. The second-order valence-electron chi connectivity index (χ2n) is 15.0. The van der Waals surface area contributed by atoms with Crippen LogP contribution in [0.25, 0.3) is 46.1 Å². The Morgan fingerprint density at radius 3 is 1.08 bits per heavy atom. The summed E-state index contributed by atoms with van der Waals surface area (Å²) in [7, 11) is 0. The lowest BCUT2D eigenvalue weighted by Gasteiger charge is -2.26. The van der Waals surface area contributed by atoms with Gasteiger partial charge in [-0.25, -0.2) is 9.69 Å². The Bertz CT molecular complexity index is 2250. The van der Waals surface area contributed by atoms with Gasteiger partial charge in [0, 0.05) is 17.1 Å². The van der Waals surface area contributed by atoms with Gasteiger partial charge in [0.1, 0.15) is 0 Å². The molecule has 5 aromatic carbocycles. The van der Waals surface area contributed by atoms with Gasteiger partial charge in [-0.05, 0) is 100 Å². The molecule has 2 N–H and O–H groups in total. The molecule has 0 aromatic heterocycles. The van der Waals surface area contributed by atoms with Crippen molar-refractivity contribution in [3.8, 4) is 0 Å². The van der Waals surface area contributed by atoms with Crippen molar-refractivity contribution in [1.82, 2.24) is 0 Å². The third kappa shape index (κ3) is 14.5. The quantitative estimate of drug-likeness (QED) is 0.0315. The topological polar surface area (TPSA) is 86.6 Å². The summed E-state index contributed by atoms with van der Waals surface area (Å²) < 4.78 is 0. The van der Waals surface area contributed by atoms with Gasteiger partial charge in [-0.15, -0.1) is 0 Å². The lowest BCUT2D eigenvalue weighted by Crippen LogP contribution is -2.10. The molecule has 0 unspecified atom stereocenters. The van der Waals surface area contributed by atoms with Gasteiger partial charge in [-0.3, -0.25) is 9.59 Å². The van der Waals surface area contributed by atoms with E-state index >= 15 is 0 Å². The van der Waals surface area contributed by atoms with Gasteiger partial charge in [-0.2, -0.15) is 0 Å². The van der Waals surface area contributed by atoms with E-state index in [1.165, 1.54) is 81.9 Å². The third-order valence-electron chi connectivity index (χ3n) is 10.4. The molecule has 0 aliphatic carbocycles. The number of anilines is 3. The molecule has 0 spiro atoms. The van der Waals surface area contributed by atoms with Crippen LogP contribution in [0.5, 0.6) is 0 Å². The smallest absolute Gasteiger partial charge is 0.333 e. The maximum Gasteiger partial charge on any atom is 0.333 e. The number of rotatable bonds is 22. The zero-order chi connectivity index (χ0) is 43.2. The Morgan fingerprint density at radius 2 is 0.754 bits per heavy atom. The number of hydrogen-bond acceptors (Lipinski definition) is 3. The van der Waals surface area contributed by atoms with Crippen molar-refractivity contribution in [2.75, 3.05) is 4.90 Å². The van der Waals surface area contributed by atoms with Crippen LogP contribution in [-0.4, -0.2) is 22.2 Å². The average molecular weight is 808 g/mol. The van der Waals surface area contributed by atoms with Gasteiger partial charge in [0.15, 0.2) is 0 Å². The number of benzene rings is 5. The lowest BCUT2D eigenvalue weighted by molar-refractivity contribution is -0.133. The van der Waals surface area contributed by atoms with Crippen molar-refractivity contribution in [3.05, 3.63) is 194 Å². The van der Waals surface area contributed by atoms with Crippen LogP contribution in [-0.2, 0) is 16.0 Å². The highest BCUT2D eigenvalue weighted by atomic mass is 16.4. The first kappa shape index (κ1) is 44.9. The maximum absolute atomic E-state index is 11.2. The van der Waals surface area contributed by atoms with E-state index in [9.17, 15) is 9.59 Å². The summed E-state index contributed by atoms with van der Waals surface area (Å²) in [5, 5.41) is 18.3. The number of nitrogens with zero attached hydrogens (tertiary/aromatic N) is 3.